The molecule has 1 saturated heterocycles. The lowest BCUT2D eigenvalue weighted by Crippen LogP contribution is -2.38. The molecule has 0 spiro atoms. The molecule has 1 fully saturated rings. The number of hydrogen-bond acceptors (Lipinski definition) is 6. The number of carboxylic acid groups (broad SMARTS) is 1. The van der Waals surface area contributed by atoms with Gasteiger partial charge in [-0.05, 0) is 35.5 Å². The van der Waals surface area contributed by atoms with Gasteiger partial charge in [0.2, 0.25) is 0 Å². The maximum atomic E-state index is 12.1. The van der Waals surface area contributed by atoms with E-state index in [0.29, 0.717) is 23.9 Å². The minimum atomic E-state index is -1.03. The molecule has 0 aliphatic carbocycles. The molecule has 1 amide bonds. The Morgan fingerprint density at radius 3 is 2.71 bits per heavy atom. The third-order valence-electron chi connectivity index (χ3n) is 3.43. The van der Waals surface area contributed by atoms with Crippen molar-refractivity contribution in [3.8, 4) is 5.75 Å². The Kier molecular flexibility index (Phi) is 5.17. The van der Waals surface area contributed by atoms with Crippen LogP contribution in [0.15, 0.2) is 34.2 Å². The first kappa shape index (κ1) is 16.5. The highest BCUT2D eigenvalue weighted by molar-refractivity contribution is 8.18. The summed E-state index contributed by atoms with van der Waals surface area (Å²) in [6, 6.07) is 6.88. The van der Waals surface area contributed by atoms with Gasteiger partial charge in [0, 0.05) is 13.1 Å². The van der Waals surface area contributed by atoms with Crippen molar-refractivity contribution in [3.63, 3.8) is 0 Å². The molecule has 24 heavy (non-hydrogen) atoms. The van der Waals surface area contributed by atoms with Gasteiger partial charge < -0.3 is 19.5 Å². The zero-order valence-electron chi connectivity index (χ0n) is 12.8. The summed E-state index contributed by atoms with van der Waals surface area (Å²) in [7, 11) is 0. The second-order valence-electron chi connectivity index (χ2n) is 5.16. The fourth-order valence-electron chi connectivity index (χ4n) is 2.24. The van der Waals surface area contributed by atoms with Gasteiger partial charge in [-0.3, -0.25) is 4.79 Å². The molecule has 8 heteroatoms. The standard InChI is InChI=1S/C16H16N2O5S/c19-14(20)10-23-12-3-1-11(2-4-12)9-13-15(21)17-16(24-13)18-5-7-22-8-6-18/h1-4,9H,5-8,10H2,(H,19,20)/b13-9-. The molecule has 0 bridgehead atoms. The van der Waals surface area contributed by atoms with Gasteiger partial charge in [-0.1, -0.05) is 12.1 Å². The van der Waals surface area contributed by atoms with Gasteiger partial charge in [-0.15, -0.1) is 0 Å². The van der Waals surface area contributed by atoms with Crippen molar-refractivity contribution in [3.05, 3.63) is 34.7 Å². The Labute approximate surface area is 143 Å². The number of ether oxygens (including phenoxy) is 2. The summed E-state index contributed by atoms with van der Waals surface area (Å²) in [6.07, 6.45) is 1.77. The first-order valence-corrected chi connectivity index (χ1v) is 8.23. The molecular formula is C16H16N2O5S. The summed E-state index contributed by atoms with van der Waals surface area (Å²) in [5, 5.41) is 9.30. The quantitative estimate of drug-likeness (QED) is 0.824. The molecule has 2 aliphatic heterocycles. The van der Waals surface area contributed by atoms with E-state index < -0.39 is 5.97 Å². The topological polar surface area (TPSA) is 88.4 Å². The van der Waals surface area contributed by atoms with Crippen LogP contribution < -0.4 is 4.74 Å². The lowest BCUT2D eigenvalue weighted by atomic mass is 10.2. The van der Waals surface area contributed by atoms with Crippen LogP contribution in [-0.2, 0) is 14.3 Å². The minimum Gasteiger partial charge on any atom is -0.482 e. The van der Waals surface area contributed by atoms with Crippen LogP contribution in [0.25, 0.3) is 6.08 Å². The van der Waals surface area contributed by atoms with Crippen molar-refractivity contribution in [2.24, 2.45) is 4.99 Å². The normalized spacial score (nSPS) is 19.5. The van der Waals surface area contributed by atoms with Crippen molar-refractivity contribution < 1.29 is 24.2 Å². The average Bonchev–Trinajstić information content (AvgIpc) is 2.96. The van der Waals surface area contributed by atoms with Crippen LogP contribution in [0.2, 0.25) is 0 Å². The Bertz CT molecular complexity index is 693. The molecule has 0 atom stereocenters. The minimum absolute atomic E-state index is 0.243. The van der Waals surface area contributed by atoms with Crippen molar-refractivity contribution in [1.82, 2.24) is 4.90 Å². The Morgan fingerprint density at radius 1 is 1.33 bits per heavy atom. The van der Waals surface area contributed by atoms with E-state index >= 15 is 0 Å². The average molecular weight is 348 g/mol. The number of amides is 1. The summed E-state index contributed by atoms with van der Waals surface area (Å²) in [4.78, 5) is 29.2. The molecule has 126 valence electrons. The molecule has 0 saturated carbocycles. The summed E-state index contributed by atoms with van der Waals surface area (Å²) >= 11 is 1.36. The highest BCUT2D eigenvalue weighted by Crippen LogP contribution is 2.30. The van der Waals surface area contributed by atoms with E-state index in [9.17, 15) is 9.59 Å². The number of carboxylic acids is 1. The second-order valence-corrected chi connectivity index (χ2v) is 6.17. The van der Waals surface area contributed by atoms with Gasteiger partial charge in [0.25, 0.3) is 5.91 Å². The number of carbonyl (C=O) groups excluding carboxylic acids is 1. The maximum Gasteiger partial charge on any atom is 0.341 e. The Balaban J connectivity index is 1.64. The maximum absolute atomic E-state index is 12.1. The summed E-state index contributed by atoms with van der Waals surface area (Å²) in [5.41, 5.74) is 0.826. The van der Waals surface area contributed by atoms with Gasteiger partial charge in [0.05, 0.1) is 18.1 Å². The van der Waals surface area contributed by atoms with E-state index in [4.69, 9.17) is 14.6 Å². The van der Waals surface area contributed by atoms with Crippen LogP contribution in [-0.4, -0.2) is 60.0 Å². The number of hydrogen-bond donors (Lipinski definition) is 1. The third-order valence-corrected chi connectivity index (χ3v) is 4.48. The third kappa shape index (κ3) is 4.15. The second kappa shape index (κ2) is 7.50. The van der Waals surface area contributed by atoms with Crippen molar-refractivity contribution in [2.75, 3.05) is 32.9 Å². The molecule has 2 aliphatic rings. The number of nitrogens with zero attached hydrogens (tertiary/aromatic N) is 2. The van der Waals surface area contributed by atoms with E-state index in [1.165, 1.54) is 11.8 Å². The highest BCUT2D eigenvalue weighted by Gasteiger charge is 2.27. The number of benzene rings is 1. The van der Waals surface area contributed by atoms with Crippen LogP contribution in [0, 0.1) is 0 Å². The first-order chi connectivity index (χ1) is 11.6. The van der Waals surface area contributed by atoms with Crippen LogP contribution in [0.4, 0.5) is 0 Å². The molecule has 1 aromatic rings. The van der Waals surface area contributed by atoms with Gasteiger partial charge in [0.15, 0.2) is 11.8 Å². The number of thioether (sulfide) groups is 1. The lowest BCUT2D eigenvalue weighted by molar-refractivity contribution is -0.139. The Hall–Kier alpha value is -2.32. The number of aliphatic imine (C=N–C) groups is 1. The molecule has 0 aromatic heterocycles. The van der Waals surface area contributed by atoms with Gasteiger partial charge in [-0.25, -0.2) is 4.79 Å². The molecule has 1 N–H and O–H groups in total. The fraction of sp³-hybridized carbons (Fsp3) is 0.312. The Morgan fingerprint density at radius 2 is 2.04 bits per heavy atom. The van der Waals surface area contributed by atoms with Crippen molar-refractivity contribution >= 4 is 34.9 Å². The predicted molar refractivity (Wildman–Crippen MR) is 90.0 cm³/mol. The molecule has 7 nitrogen and oxygen atoms in total. The van der Waals surface area contributed by atoms with Crippen LogP contribution in [0.1, 0.15) is 5.56 Å². The largest absolute Gasteiger partial charge is 0.482 e. The number of morpholine rings is 1. The molecule has 3 rings (SSSR count). The summed E-state index contributed by atoms with van der Waals surface area (Å²) in [6.45, 7) is 2.38. The molecule has 2 heterocycles. The summed E-state index contributed by atoms with van der Waals surface area (Å²) in [5.74, 6) is -0.801. The van der Waals surface area contributed by atoms with Gasteiger partial charge >= 0.3 is 5.97 Å². The molecule has 0 radical (unpaired) electrons. The number of rotatable bonds is 4. The number of carbonyl (C=O) groups is 2. The van der Waals surface area contributed by atoms with Crippen LogP contribution in [0.5, 0.6) is 5.75 Å². The molecule has 1 aromatic carbocycles. The van der Waals surface area contributed by atoms with E-state index in [0.717, 1.165) is 23.8 Å². The fourth-order valence-corrected chi connectivity index (χ4v) is 3.21. The molecule has 0 unspecified atom stereocenters. The number of amidine groups is 1. The number of aliphatic carboxylic acids is 1. The van der Waals surface area contributed by atoms with Crippen LogP contribution in [0.3, 0.4) is 0 Å². The highest BCUT2D eigenvalue weighted by atomic mass is 32.2. The van der Waals surface area contributed by atoms with Crippen molar-refractivity contribution in [1.29, 1.82) is 0 Å². The van der Waals surface area contributed by atoms with E-state index in [2.05, 4.69) is 9.89 Å². The predicted octanol–water partition coefficient (Wildman–Crippen LogP) is 1.45. The van der Waals surface area contributed by atoms with E-state index in [-0.39, 0.29) is 12.5 Å². The van der Waals surface area contributed by atoms with Gasteiger partial charge in [-0.2, -0.15) is 4.99 Å². The molecular weight excluding hydrogens is 332 g/mol. The first-order valence-electron chi connectivity index (χ1n) is 7.42. The summed E-state index contributed by atoms with van der Waals surface area (Å²) < 4.78 is 10.4. The van der Waals surface area contributed by atoms with E-state index in [1.807, 2.05) is 0 Å². The lowest BCUT2D eigenvalue weighted by Gasteiger charge is -2.27. The monoisotopic (exact) mass is 348 g/mol. The zero-order valence-corrected chi connectivity index (χ0v) is 13.6. The SMILES string of the molecule is O=C(O)COc1ccc(/C=C2\SC(N3CCOCC3)=NC2=O)cc1. The van der Waals surface area contributed by atoms with Gasteiger partial charge in [0.1, 0.15) is 5.75 Å². The zero-order chi connectivity index (χ0) is 16.9. The van der Waals surface area contributed by atoms with Crippen molar-refractivity contribution in [2.45, 2.75) is 0 Å². The van der Waals surface area contributed by atoms with Crippen LogP contribution >= 0.6 is 11.8 Å². The smallest absolute Gasteiger partial charge is 0.341 e. The van der Waals surface area contributed by atoms with E-state index in [1.54, 1.807) is 30.3 Å².